The van der Waals surface area contributed by atoms with Gasteiger partial charge in [0, 0.05) is 13.1 Å². The second-order valence-corrected chi connectivity index (χ2v) is 2.47. The van der Waals surface area contributed by atoms with Crippen LogP contribution in [0.15, 0.2) is 0 Å². The minimum Gasteiger partial charge on any atom is -0.411 e. The molecule has 1 nitrogen and oxygen atoms in total. The molecule has 0 bridgehead atoms. The van der Waals surface area contributed by atoms with E-state index in [1.807, 2.05) is 18.7 Å². The van der Waals surface area contributed by atoms with E-state index >= 15 is 0 Å². The fraction of sp³-hybridized carbons (Fsp3) is 0.800. The number of nitrogens with zero attached hydrogens (tertiary/aromatic N) is 1. The van der Waals surface area contributed by atoms with Gasteiger partial charge in [-0.05, 0) is 13.8 Å². The largest absolute Gasteiger partial charge is 1.00 e. The number of thiocarbonyl (C=S) groups is 1. The van der Waals surface area contributed by atoms with Crippen LogP contribution in [0.4, 0.5) is 0 Å². The topological polar surface area (TPSA) is 3.24 Å². The van der Waals surface area contributed by atoms with Crippen LogP contribution in [-0.4, -0.2) is 22.3 Å². The van der Waals surface area contributed by atoms with Crippen LogP contribution >= 0.6 is 12.2 Å². The van der Waals surface area contributed by atoms with Gasteiger partial charge in [0.15, 0.2) is 0 Å². The van der Waals surface area contributed by atoms with E-state index in [4.69, 9.17) is 24.8 Å². The van der Waals surface area contributed by atoms with Gasteiger partial charge in [0.25, 0.3) is 0 Å². The molecule has 0 aliphatic carbocycles. The molecular formula is C5H10HgNS2. The number of hydrogen-bond acceptors (Lipinski definition) is 2. The fourth-order valence-electron chi connectivity index (χ4n) is 0.482. The van der Waals surface area contributed by atoms with Crippen LogP contribution < -0.4 is 0 Å². The molecular weight excluding hydrogens is 339 g/mol. The van der Waals surface area contributed by atoms with Gasteiger partial charge in [-0.1, -0.05) is 4.32 Å². The van der Waals surface area contributed by atoms with E-state index < -0.39 is 0 Å². The zero-order valence-electron chi connectivity index (χ0n) is 5.89. The van der Waals surface area contributed by atoms with Crippen molar-refractivity contribution in [2.75, 3.05) is 13.1 Å². The zero-order chi connectivity index (χ0) is 6.57. The molecule has 0 saturated heterocycles. The quantitative estimate of drug-likeness (QED) is 0.419. The summed E-state index contributed by atoms with van der Waals surface area (Å²) < 4.78 is 0.579. The van der Waals surface area contributed by atoms with Gasteiger partial charge in [-0.15, -0.1) is 0 Å². The minimum absolute atomic E-state index is 0. The van der Waals surface area contributed by atoms with Crippen molar-refractivity contribution in [1.29, 1.82) is 0 Å². The maximum Gasteiger partial charge on any atom is 1.00 e. The third kappa shape index (κ3) is 5.49. The first kappa shape index (κ1) is 12.7. The molecule has 0 aromatic carbocycles. The summed E-state index contributed by atoms with van der Waals surface area (Å²) in [6.07, 6.45) is 0. The summed E-state index contributed by atoms with van der Waals surface area (Å²) in [6, 6.07) is 0. The zero-order valence-corrected chi connectivity index (χ0v) is 13.0. The van der Waals surface area contributed by atoms with Crippen LogP contribution in [-0.2, 0) is 40.3 Å². The molecule has 0 unspecified atom stereocenters. The summed E-state index contributed by atoms with van der Waals surface area (Å²) in [5.41, 5.74) is 0. The SMILES string of the molecule is CCN(CC)C(=S)[S-].[Hg+]. The molecule has 0 aromatic rings. The second kappa shape index (κ2) is 7.16. The maximum atomic E-state index is 4.76. The summed E-state index contributed by atoms with van der Waals surface area (Å²) in [5.74, 6) is 0. The summed E-state index contributed by atoms with van der Waals surface area (Å²) >= 11 is 9.51. The van der Waals surface area contributed by atoms with Gasteiger partial charge in [0.05, 0.1) is 0 Å². The molecule has 4 heteroatoms. The Balaban J connectivity index is 0. The average molecular weight is 349 g/mol. The van der Waals surface area contributed by atoms with Crippen molar-refractivity contribution in [3.8, 4) is 0 Å². The molecule has 0 aliphatic rings. The summed E-state index contributed by atoms with van der Waals surface area (Å²) in [5, 5.41) is 0. The number of rotatable bonds is 2. The fourth-order valence-corrected chi connectivity index (χ4v) is 0.998. The molecule has 1 radical (unpaired) electrons. The Morgan fingerprint density at radius 3 is 1.78 bits per heavy atom. The van der Waals surface area contributed by atoms with E-state index in [0.29, 0.717) is 4.32 Å². The molecule has 49 valence electrons. The Morgan fingerprint density at radius 1 is 1.44 bits per heavy atom. The average Bonchev–Trinajstić information content (AvgIpc) is 1.69. The standard InChI is InChI=1S/C5H11NS2.Hg/c1-3-6(4-2)5(7)8;/h3-4H2,1-2H3,(H,7,8);/q;+1/p-1. The van der Waals surface area contributed by atoms with E-state index in [9.17, 15) is 0 Å². The molecule has 0 aromatic heterocycles. The molecule has 0 aliphatic heterocycles. The van der Waals surface area contributed by atoms with E-state index in [1.54, 1.807) is 0 Å². The van der Waals surface area contributed by atoms with Crippen molar-refractivity contribution < 1.29 is 27.7 Å². The van der Waals surface area contributed by atoms with E-state index in [-0.39, 0.29) is 27.7 Å². The maximum absolute atomic E-state index is 4.76. The summed E-state index contributed by atoms with van der Waals surface area (Å²) in [6.45, 7) is 5.95. The minimum atomic E-state index is 0. The van der Waals surface area contributed by atoms with Crippen molar-refractivity contribution in [1.82, 2.24) is 4.90 Å². The molecule has 0 N–H and O–H groups in total. The molecule has 0 saturated carbocycles. The molecule has 0 atom stereocenters. The number of hydrogen-bond donors (Lipinski definition) is 0. The van der Waals surface area contributed by atoms with Crippen molar-refractivity contribution in [2.45, 2.75) is 13.8 Å². The van der Waals surface area contributed by atoms with Crippen molar-refractivity contribution in [2.24, 2.45) is 0 Å². The van der Waals surface area contributed by atoms with E-state index in [0.717, 1.165) is 13.1 Å². The van der Waals surface area contributed by atoms with Crippen LogP contribution in [0.2, 0.25) is 0 Å². The predicted octanol–water partition coefficient (Wildman–Crippen LogP) is 1.16. The Morgan fingerprint density at radius 2 is 1.78 bits per heavy atom. The van der Waals surface area contributed by atoms with Crippen LogP contribution in [0.1, 0.15) is 13.8 Å². The molecule has 0 spiro atoms. The van der Waals surface area contributed by atoms with Gasteiger partial charge in [0.2, 0.25) is 0 Å². The molecule has 0 amide bonds. The van der Waals surface area contributed by atoms with Gasteiger partial charge >= 0.3 is 27.7 Å². The van der Waals surface area contributed by atoms with Gasteiger partial charge in [-0.25, -0.2) is 0 Å². The first-order valence-electron chi connectivity index (χ1n) is 2.68. The smallest absolute Gasteiger partial charge is 0.411 e. The predicted molar refractivity (Wildman–Crippen MR) is 42.9 cm³/mol. The van der Waals surface area contributed by atoms with Gasteiger partial charge < -0.3 is 29.7 Å². The van der Waals surface area contributed by atoms with E-state index in [1.165, 1.54) is 0 Å². The third-order valence-electron chi connectivity index (χ3n) is 1.02. The van der Waals surface area contributed by atoms with Crippen LogP contribution in [0, 0.1) is 0 Å². The molecule has 0 rings (SSSR count). The first-order valence-corrected chi connectivity index (χ1v) is 3.50. The molecule has 0 heterocycles. The first-order chi connectivity index (χ1) is 3.72. The van der Waals surface area contributed by atoms with Crippen LogP contribution in [0.3, 0.4) is 0 Å². The van der Waals surface area contributed by atoms with Gasteiger partial charge in [-0.3, -0.25) is 0 Å². The Labute approximate surface area is 88.1 Å². The Hall–Kier alpha value is 1.05. The van der Waals surface area contributed by atoms with Crippen molar-refractivity contribution in [3.63, 3.8) is 0 Å². The monoisotopic (exact) mass is 350 g/mol. The van der Waals surface area contributed by atoms with Crippen molar-refractivity contribution in [3.05, 3.63) is 0 Å². The third-order valence-corrected chi connectivity index (χ3v) is 1.54. The summed E-state index contributed by atoms with van der Waals surface area (Å²) in [4.78, 5) is 1.96. The Bertz CT molecular complexity index is 83.0. The van der Waals surface area contributed by atoms with Crippen molar-refractivity contribution >= 4 is 29.2 Å². The van der Waals surface area contributed by atoms with Gasteiger partial charge in [-0.2, -0.15) is 0 Å². The molecule has 9 heavy (non-hydrogen) atoms. The Kier molecular flexibility index (Phi) is 10.1. The van der Waals surface area contributed by atoms with Crippen LogP contribution in [0.25, 0.3) is 0 Å². The van der Waals surface area contributed by atoms with E-state index in [2.05, 4.69) is 0 Å². The molecule has 0 fully saturated rings. The van der Waals surface area contributed by atoms with Crippen LogP contribution in [0.5, 0.6) is 0 Å². The van der Waals surface area contributed by atoms with Gasteiger partial charge in [0.1, 0.15) is 0 Å². The normalized spacial score (nSPS) is 7.78. The summed E-state index contributed by atoms with van der Waals surface area (Å²) in [7, 11) is 0. The second-order valence-electron chi connectivity index (χ2n) is 1.44.